The van der Waals surface area contributed by atoms with E-state index in [4.69, 9.17) is 9.47 Å². The molecule has 3 heterocycles. The molecular formula is C29H35N3O7S2. The third-order valence-electron chi connectivity index (χ3n) is 8.23. The molecule has 2 unspecified atom stereocenters. The third kappa shape index (κ3) is 6.13. The van der Waals surface area contributed by atoms with Crippen LogP contribution in [0.5, 0.6) is 5.75 Å². The first-order chi connectivity index (χ1) is 19.6. The van der Waals surface area contributed by atoms with Crippen LogP contribution in [0.25, 0.3) is 10.9 Å². The number of sulfonamides is 1. The zero-order valence-electron chi connectivity index (χ0n) is 22.7. The molecule has 12 heteroatoms. The van der Waals surface area contributed by atoms with Crippen molar-refractivity contribution in [3.63, 3.8) is 0 Å². The van der Waals surface area contributed by atoms with Crippen molar-refractivity contribution in [1.82, 2.24) is 14.6 Å². The van der Waals surface area contributed by atoms with Crippen LogP contribution in [0, 0.1) is 0 Å². The van der Waals surface area contributed by atoms with Crippen molar-refractivity contribution in [2.75, 3.05) is 32.8 Å². The maximum atomic E-state index is 13.3. The van der Waals surface area contributed by atoms with E-state index >= 15 is 0 Å². The Labute approximate surface area is 240 Å². The Hall–Kier alpha value is -2.61. The van der Waals surface area contributed by atoms with Crippen LogP contribution < -0.4 is 10.1 Å². The van der Waals surface area contributed by atoms with Gasteiger partial charge in [0.2, 0.25) is 10.0 Å². The lowest BCUT2D eigenvalue weighted by Gasteiger charge is -2.38. The van der Waals surface area contributed by atoms with Crippen molar-refractivity contribution >= 4 is 30.8 Å². The standard InChI is InChI=1S/C29H35N3O7S2/c33-23(20-38-24-5-3-6-26(15-24)40(34,35)25-8-9-25)17-30-22-16-29(39-19-22)10-12-32(13-11-29)41(36,37)27-14-21-4-1-2-7-28(21)31-18-27/h1-7,14-15,18,22-23,25,30,33H,8-13,16-17,19-20H2. The summed E-state index contributed by atoms with van der Waals surface area (Å²) in [5.74, 6) is 0.412. The van der Waals surface area contributed by atoms with Gasteiger partial charge in [-0.1, -0.05) is 24.3 Å². The van der Waals surface area contributed by atoms with Gasteiger partial charge in [-0.2, -0.15) is 4.31 Å². The molecule has 0 radical (unpaired) electrons. The number of aliphatic hydroxyl groups excluding tert-OH is 1. The van der Waals surface area contributed by atoms with Crippen LogP contribution in [0.2, 0.25) is 0 Å². The number of piperidine rings is 1. The second kappa shape index (κ2) is 11.2. The summed E-state index contributed by atoms with van der Waals surface area (Å²) in [7, 11) is -6.96. The number of benzene rings is 2. The second-order valence-corrected chi connectivity index (χ2v) is 15.4. The first-order valence-corrected chi connectivity index (χ1v) is 17.0. The lowest BCUT2D eigenvalue weighted by molar-refractivity contribution is -0.0312. The van der Waals surface area contributed by atoms with E-state index in [1.807, 2.05) is 24.3 Å². The molecule has 2 aromatic carbocycles. The van der Waals surface area contributed by atoms with Gasteiger partial charge in [0.25, 0.3) is 0 Å². The van der Waals surface area contributed by atoms with Crippen LogP contribution in [0.4, 0.5) is 0 Å². The fourth-order valence-corrected chi connectivity index (χ4v) is 8.78. The average Bonchev–Trinajstić information content (AvgIpc) is 3.78. The van der Waals surface area contributed by atoms with E-state index in [2.05, 4.69) is 10.3 Å². The number of ether oxygens (including phenoxy) is 2. The van der Waals surface area contributed by atoms with E-state index in [9.17, 15) is 21.9 Å². The number of sulfone groups is 1. The number of nitrogens with one attached hydrogen (secondary N) is 1. The predicted octanol–water partition coefficient (Wildman–Crippen LogP) is 2.51. The molecule has 1 aromatic heterocycles. The molecule has 0 bridgehead atoms. The third-order valence-corrected chi connectivity index (χ3v) is 12.4. The van der Waals surface area contributed by atoms with Crippen LogP contribution >= 0.6 is 0 Å². The molecule has 0 amide bonds. The number of fused-ring (bicyclic) bond motifs is 1. The number of nitrogens with zero attached hydrogens (tertiary/aromatic N) is 2. The first kappa shape index (κ1) is 28.5. The van der Waals surface area contributed by atoms with Gasteiger partial charge >= 0.3 is 0 Å². The SMILES string of the molecule is O=S(=O)(c1cccc(OCC(O)CNC2COC3(CCN(S(=O)(=O)c4cnc5ccccc5c4)CC3)C2)c1)C1CC1. The molecular weight excluding hydrogens is 566 g/mol. The van der Waals surface area contributed by atoms with Gasteiger partial charge in [-0.3, -0.25) is 4.98 Å². The van der Waals surface area contributed by atoms with Crippen LogP contribution in [0.1, 0.15) is 32.1 Å². The molecule has 3 fully saturated rings. The van der Waals surface area contributed by atoms with Crippen molar-refractivity contribution in [2.45, 2.75) is 64.9 Å². The Morgan fingerprint density at radius 1 is 1.05 bits per heavy atom. The number of aromatic nitrogens is 1. The molecule has 6 rings (SSSR count). The van der Waals surface area contributed by atoms with Crippen molar-refractivity contribution in [3.8, 4) is 5.75 Å². The van der Waals surface area contributed by atoms with Crippen LogP contribution in [-0.4, -0.2) is 87.1 Å². The highest BCUT2D eigenvalue weighted by atomic mass is 32.2. The van der Waals surface area contributed by atoms with Gasteiger partial charge in [-0.05, 0) is 62.4 Å². The summed E-state index contributed by atoms with van der Waals surface area (Å²) < 4.78 is 64.9. The minimum Gasteiger partial charge on any atom is -0.491 e. The Kier molecular flexibility index (Phi) is 7.81. The number of hydrogen-bond acceptors (Lipinski definition) is 9. The molecule has 2 saturated heterocycles. The number of rotatable bonds is 10. The molecule has 3 aromatic rings. The molecule has 2 aliphatic heterocycles. The number of aliphatic hydroxyl groups is 1. The van der Waals surface area contributed by atoms with Gasteiger partial charge in [0.15, 0.2) is 9.84 Å². The summed E-state index contributed by atoms with van der Waals surface area (Å²) in [6.07, 6.45) is 3.95. The van der Waals surface area contributed by atoms with Gasteiger partial charge in [0.05, 0.1) is 27.9 Å². The fourth-order valence-electron chi connectivity index (χ4n) is 5.66. The van der Waals surface area contributed by atoms with E-state index in [1.54, 1.807) is 24.3 Å². The van der Waals surface area contributed by atoms with E-state index in [0.29, 0.717) is 57.7 Å². The summed E-state index contributed by atoms with van der Waals surface area (Å²) in [4.78, 5) is 4.77. The summed E-state index contributed by atoms with van der Waals surface area (Å²) >= 11 is 0. The normalized spacial score (nSPS) is 22.2. The number of para-hydroxylation sites is 1. The topological polar surface area (TPSA) is 135 Å². The Morgan fingerprint density at radius 3 is 2.61 bits per heavy atom. The molecule has 10 nitrogen and oxygen atoms in total. The molecule has 1 spiro atoms. The Balaban J connectivity index is 0.970. The Bertz CT molecular complexity index is 1620. The van der Waals surface area contributed by atoms with Crippen LogP contribution in [0.15, 0.2) is 70.6 Å². The second-order valence-electron chi connectivity index (χ2n) is 11.3. The fraction of sp³-hybridized carbons (Fsp3) is 0.483. The highest BCUT2D eigenvalue weighted by Gasteiger charge is 2.45. The smallest absolute Gasteiger partial charge is 0.244 e. The van der Waals surface area contributed by atoms with E-state index in [-0.39, 0.29) is 33.3 Å². The van der Waals surface area contributed by atoms with Crippen molar-refractivity contribution in [3.05, 3.63) is 60.8 Å². The van der Waals surface area contributed by atoms with Crippen molar-refractivity contribution in [2.24, 2.45) is 0 Å². The summed E-state index contributed by atoms with van der Waals surface area (Å²) in [5, 5.41) is 14.3. The summed E-state index contributed by atoms with van der Waals surface area (Å²) in [6.45, 7) is 1.53. The zero-order valence-corrected chi connectivity index (χ0v) is 24.3. The molecule has 2 atom stereocenters. The predicted molar refractivity (Wildman–Crippen MR) is 153 cm³/mol. The van der Waals surface area contributed by atoms with Gasteiger partial charge < -0.3 is 19.9 Å². The molecule has 1 saturated carbocycles. The van der Waals surface area contributed by atoms with Crippen LogP contribution in [-0.2, 0) is 24.6 Å². The number of hydrogen-bond donors (Lipinski definition) is 2. The molecule has 41 heavy (non-hydrogen) atoms. The highest BCUT2D eigenvalue weighted by Crippen LogP contribution is 2.38. The summed E-state index contributed by atoms with van der Waals surface area (Å²) in [6, 6.07) is 15.6. The maximum absolute atomic E-state index is 13.3. The quantitative estimate of drug-likeness (QED) is 0.359. The lowest BCUT2D eigenvalue weighted by atomic mass is 9.88. The Morgan fingerprint density at radius 2 is 1.83 bits per heavy atom. The maximum Gasteiger partial charge on any atom is 0.244 e. The van der Waals surface area contributed by atoms with E-state index < -0.39 is 26.0 Å². The van der Waals surface area contributed by atoms with E-state index in [0.717, 1.165) is 17.3 Å². The average molecular weight is 602 g/mol. The zero-order chi connectivity index (χ0) is 28.7. The van der Waals surface area contributed by atoms with Crippen molar-refractivity contribution < 1.29 is 31.4 Å². The minimum atomic E-state index is -3.66. The molecule has 1 aliphatic carbocycles. The molecule has 2 N–H and O–H groups in total. The van der Waals surface area contributed by atoms with Crippen LogP contribution in [0.3, 0.4) is 0 Å². The van der Waals surface area contributed by atoms with Gasteiger partial charge in [-0.15, -0.1) is 0 Å². The lowest BCUT2D eigenvalue weighted by Crippen LogP contribution is -2.47. The number of pyridine rings is 1. The van der Waals surface area contributed by atoms with E-state index in [1.165, 1.54) is 16.6 Å². The summed E-state index contributed by atoms with van der Waals surface area (Å²) in [5.41, 5.74) is 0.368. The monoisotopic (exact) mass is 601 g/mol. The molecule has 3 aliphatic rings. The van der Waals surface area contributed by atoms with Crippen molar-refractivity contribution in [1.29, 1.82) is 0 Å². The largest absolute Gasteiger partial charge is 0.491 e. The highest BCUT2D eigenvalue weighted by molar-refractivity contribution is 7.92. The first-order valence-electron chi connectivity index (χ1n) is 14.0. The molecule has 220 valence electrons. The van der Waals surface area contributed by atoms with Gasteiger partial charge in [0.1, 0.15) is 23.4 Å². The minimum absolute atomic E-state index is 0.0229. The van der Waals surface area contributed by atoms with Gasteiger partial charge in [0, 0.05) is 37.3 Å². The van der Waals surface area contributed by atoms with Gasteiger partial charge in [-0.25, -0.2) is 16.8 Å².